The van der Waals surface area contributed by atoms with Crippen molar-refractivity contribution in [2.75, 3.05) is 7.11 Å². The van der Waals surface area contributed by atoms with Crippen LogP contribution in [0.1, 0.15) is 36.5 Å². The van der Waals surface area contributed by atoms with Crippen molar-refractivity contribution in [1.29, 1.82) is 0 Å². The third-order valence-electron chi connectivity index (χ3n) is 4.83. The highest BCUT2D eigenvalue weighted by Crippen LogP contribution is 2.59. The molecule has 2 fully saturated rings. The summed E-state index contributed by atoms with van der Waals surface area (Å²) in [7, 11) is 1.32. The van der Waals surface area contributed by atoms with E-state index in [0.29, 0.717) is 11.8 Å². The molecule has 0 amide bonds. The average Bonchev–Trinajstić information content (AvgIpc) is 2.93. The lowest BCUT2D eigenvalue weighted by molar-refractivity contribution is 0.0692. The van der Waals surface area contributed by atoms with Crippen molar-refractivity contribution in [2.45, 2.75) is 32.3 Å². The Bertz CT molecular complexity index is 560. The predicted molar refractivity (Wildman–Crippen MR) is 74.3 cm³/mol. The van der Waals surface area contributed by atoms with Gasteiger partial charge in [0.05, 0.1) is 13.2 Å². The number of rotatable bonds is 5. The molecule has 3 rings (SSSR count). The van der Waals surface area contributed by atoms with E-state index in [4.69, 9.17) is 14.6 Å². The first-order chi connectivity index (χ1) is 10.0. The van der Waals surface area contributed by atoms with E-state index in [-0.39, 0.29) is 23.2 Å². The van der Waals surface area contributed by atoms with E-state index in [1.165, 1.54) is 19.6 Å². The zero-order valence-electron chi connectivity index (χ0n) is 12.1. The molecule has 1 aromatic rings. The van der Waals surface area contributed by atoms with Gasteiger partial charge in [-0.25, -0.2) is 9.18 Å². The molecular formula is C16H19FO4. The first-order valence-corrected chi connectivity index (χ1v) is 7.32. The molecule has 1 aromatic carbocycles. The van der Waals surface area contributed by atoms with Crippen LogP contribution in [0.4, 0.5) is 4.39 Å². The van der Waals surface area contributed by atoms with E-state index < -0.39 is 11.8 Å². The molecule has 0 aliphatic heterocycles. The van der Waals surface area contributed by atoms with E-state index in [9.17, 15) is 9.18 Å². The summed E-state index contributed by atoms with van der Waals surface area (Å²) in [4.78, 5) is 11.2. The Hall–Kier alpha value is -1.78. The lowest BCUT2D eigenvalue weighted by atomic mass is 10.1. The number of methoxy groups -OCH3 is 1. The fourth-order valence-electron chi connectivity index (χ4n) is 3.77. The van der Waals surface area contributed by atoms with Crippen molar-refractivity contribution < 1.29 is 23.8 Å². The molecule has 5 heteroatoms. The molecule has 1 N–H and O–H groups in total. The molecular weight excluding hydrogens is 275 g/mol. The van der Waals surface area contributed by atoms with Gasteiger partial charge in [0.1, 0.15) is 11.3 Å². The van der Waals surface area contributed by atoms with Crippen LogP contribution in [0.3, 0.4) is 0 Å². The molecule has 0 aromatic heterocycles. The molecule has 0 bridgehead atoms. The summed E-state index contributed by atoms with van der Waals surface area (Å²) in [5.74, 6) is 0.502. The number of ether oxygens (including phenoxy) is 2. The average molecular weight is 294 g/mol. The number of hydrogen-bond donors (Lipinski definition) is 1. The molecule has 2 saturated carbocycles. The fourth-order valence-corrected chi connectivity index (χ4v) is 3.77. The zero-order valence-corrected chi connectivity index (χ0v) is 12.1. The minimum Gasteiger partial charge on any atom is -0.496 e. The van der Waals surface area contributed by atoms with Crippen LogP contribution >= 0.6 is 0 Å². The number of carboxylic acids is 1. The standard InChI is InChI=1S/C16H19FO4/c1-3-9-10-4-8(5-11(9)10)21-15-6-12(16(18)19)14(20-2)7-13(15)17/h6-11H,3-5H2,1-2H3,(H,18,19)/t8?,9?,10-,11+. The second-order valence-corrected chi connectivity index (χ2v) is 5.90. The van der Waals surface area contributed by atoms with Gasteiger partial charge in [-0.2, -0.15) is 0 Å². The largest absolute Gasteiger partial charge is 0.496 e. The molecule has 2 aliphatic carbocycles. The molecule has 114 valence electrons. The Kier molecular flexibility index (Phi) is 3.51. The van der Waals surface area contributed by atoms with E-state index in [2.05, 4.69) is 6.92 Å². The summed E-state index contributed by atoms with van der Waals surface area (Å²) in [5.41, 5.74) is -0.0801. The van der Waals surface area contributed by atoms with Crippen LogP contribution in [0, 0.1) is 23.6 Å². The Morgan fingerprint density at radius 2 is 2.00 bits per heavy atom. The molecule has 0 spiro atoms. The summed E-state index contributed by atoms with van der Waals surface area (Å²) in [5, 5.41) is 9.13. The maximum absolute atomic E-state index is 14.0. The van der Waals surface area contributed by atoms with Gasteiger partial charge in [-0.1, -0.05) is 13.3 Å². The summed E-state index contributed by atoms with van der Waals surface area (Å²) in [6.07, 6.45) is 3.07. The number of carbonyl (C=O) groups is 1. The number of halogens is 1. The molecule has 0 saturated heterocycles. The predicted octanol–water partition coefficient (Wildman–Crippen LogP) is 3.35. The van der Waals surface area contributed by atoms with E-state index in [1.54, 1.807) is 0 Å². The summed E-state index contributed by atoms with van der Waals surface area (Å²) in [6.45, 7) is 2.20. The lowest BCUT2D eigenvalue weighted by Gasteiger charge is -2.18. The normalized spacial score (nSPS) is 29.9. The van der Waals surface area contributed by atoms with Gasteiger partial charge in [-0.15, -0.1) is 0 Å². The molecule has 21 heavy (non-hydrogen) atoms. The molecule has 4 atom stereocenters. The van der Waals surface area contributed by atoms with Gasteiger partial charge < -0.3 is 14.6 Å². The second kappa shape index (κ2) is 5.20. The molecule has 0 heterocycles. The van der Waals surface area contributed by atoms with E-state index in [0.717, 1.165) is 24.8 Å². The SMILES string of the molecule is CCC1[C@H]2CC(Oc3cc(C(=O)O)c(OC)cc3F)C[C@@H]12. The fraction of sp³-hybridized carbons (Fsp3) is 0.562. The lowest BCUT2D eigenvalue weighted by Crippen LogP contribution is -2.16. The van der Waals surface area contributed by atoms with Gasteiger partial charge in [0.15, 0.2) is 11.6 Å². The highest BCUT2D eigenvalue weighted by molar-refractivity contribution is 5.91. The van der Waals surface area contributed by atoms with Gasteiger partial charge in [0.2, 0.25) is 0 Å². The summed E-state index contributed by atoms with van der Waals surface area (Å²) >= 11 is 0. The minimum absolute atomic E-state index is 0.00699. The highest BCUT2D eigenvalue weighted by atomic mass is 19.1. The smallest absolute Gasteiger partial charge is 0.339 e. The van der Waals surface area contributed by atoms with Crippen molar-refractivity contribution in [3.63, 3.8) is 0 Å². The van der Waals surface area contributed by atoms with Crippen molar-refractivity contribution in [2.24, 2.45) is 17.8 Å². The van der Waals surface area contributed by atoms with Crippen LogP contribution in [0.25, 0.3) is 0 Å². The third-order valence-corrected chi connectivity index (χ3v) is 4.83. The van der Waals surface area contributed by atoms with E-state index in [1.807, 2.05) is 0 Å². The van der Waals surface area contributed by atoms with Gasteiger partial charge in [0, 0.05) is 12.1 Å². The molecule has 0 radical (unpaired) electrons. The third kappa shape index (κ3) is 2.45. The van der Waals surface area contributed by atoms with Gasteiger partial charge >= 0.3 is 5.97 Å². The van der Waals surface area contributed by atoms with Crippen molar-refractivity contribution in [3.8, 4) is 11.5 Å². The van der Waals surface area contributed by atoms with Gasteiger partial charge in [-0.05, 0) is 30.6 Å². The number of aromatic carboxylic acids is 1. The van der Waals surface area contributed by atoms with Crippen LogP contribution in [-0.4, -0.2) is 24.3 Å². The number of fused-ring (bicyclic) bond motifs is 1. The van der Waals surface area contributed by atoms with Crippen molar-refractivity contribution >= 4 is 5.97 Å². The first-order valence-electron chi connectivity index (χ1n) is 7.32. The molecule has 2 aliphatic rings. The summed E-state index contributed by atoms with van der Waals surface area (Å²) < 4.78 is 24.6. The van der Waals surface area contributed by atoms with Crippen LogP contribution in [0.2, 0.25) is 0 Å². The maximum Gasteiger partial charge on any atom is 0.339 e. The monoisotopic (exact) mass is 294 g/mol. The first kappa shape index (κ1) is 14.2. The van der Waals surface area contributed by atoms with Crippen LogP contribution in [0.15, 0.2) is 12.1 Å². The van der Waals surface area contributed by atoms with Gasteiger partial charge in [-0.3, -0.25) is 0 Å². The minimum atomic E-state index is -1.16. The molecule has 2 unspecified atom stereocenters. The number of benzene rings is 1. The zero-order chi connectivity index (χ0) is 15.1. The van der Waals surface area contributed by atoms with Gasteiger partial charge in [0.25, 0.3) is 0 Å². The Morgan fingerprint density at radius 3 is 2.52 bits per heavy atom. The quantitative estimate of drug-likeness (QED) is 0.905. The maximum atomic E-state index is 14.0. The number of carboxylic acid groups (broad SMARTS) is 1. The Labute approximate surface area is 122 Å². The van der Waals surface area contributed by atoms with Crippen LogP contribution in [-0.2, 0) is 0 Å². The Balaban J connectivity index is 1.74. The Morgan fingerprint density at radius 1 is 1.33 bits per heavy atom. The summed E-state index contributed by atoms with van der Waals surface area (Å²) in [6, 6.07) is 2.29. The van der Waals surface area contributed by atoms with Crippen LogP contribution < -0.4 is 9.47 Å². The highest BCUT2D eigenvalue weighted by Gasteiger charge is 2.55. The second-order valence-electron chi connectivity index (χ2n) is 5.90. The van der Waals surface area contributed by atoms with Crippen molar-refractivity contribution in [3.05, 3.63) is 23.5 Å². The van der Waals surface area contributed by atoms with Crippen molar-refractivity contribution in [1.82, 2.24) is 0 Å². The number of hydrogen-bond acceptors (Lipinski definition) is 3. The van der Waals surface area contributed by atoms with E-state index >= 15 is 0 Å². The topological polar surface area (TPSA) is 55.8 Å². The molecule has 4 nitrogen and oxygen atoms in total. The van der Waals surface area contributed by atoms with Crippen LogP contribution in [0.5, 0.6) is 11.5 Å².